The predicted molar refractivity (Wildman–Crippen MR) is 112 cm³/mol. The van der Waals surface area contributed by atoms with Crippen LogP contribution in [0, 0.1) is 13.8 Å². The Labute approximate surface area is 167 Å². The molecular weight excluding hydrogens is 374 g/mol. The number of nitrogens with zero attached hydrogens (tertiary/aromatic N) is 1. The summed E-state index contributed by atoms with van der Waals surface area (Å²) in [6.45, 7) is 5.31. The van der Waals surface area contributed by atoms with E-state index in [0.717, 1.165) is 30.5 Å². The summed E-state index contributed by atoms with van der Waals surface area (Å²) in [5, 5.41) is 5.92. The summed E-state index contributed by atoms with van der Waals surface area (Å²) in [4.78, 5) is 12.5. The van der Waals surface area contributed by atoms with Crippen LogP contribution >= 0.6 is 0 Å². The zero-order valence-electron chi connectivity index (χ0n) is 16.4. The quantitative estimate of drug-likeness (QED) is 0.776. The molecule has 1 amide bonds. The molecule has 6 nitrogen and oxygen atoms in total. The summed E-state index contributed by atoms with van der Waals surface area (Å²) >= 11 is 0. The van der Waals surface area contributed by atoms with Gasteiger partial charge in [0.15, 0.2) is 0 Å². The van der Waals surface area contributed by atoms with E-state index < -0.39 is 10.0 Å². The molecule has 7 heteroatoms. The molecule has 1 aliphatic rings. The van der Waals surface area contributed by atoms with Crippen molar-refractivity contribution in [2.75, 3.05) is 30.3 Å². The second-order valence-corrected chi connectivity index (χ2v) is 9.15. The van der Waals surface area contributed by atoms with Gasteiger partial charge in [-0.3, -0.25) is 4.79 Å². The molecule has 28 heavy (non-hydrogen) atoms. The minimum atomic E-state index is -3.45. The molecule has 2 aromatic carbocycles. The Balaban J connectivity index is 1.58. The van der Waals surface area contributed by atoms with Crippen molar-refractivity contribution in [3.63, 3.8) is 0 Å². The molecule has 0 radical (unpaired) electrons. The lowest BCUT2D eigenvalue weighted by molar-refractivity contribution is -0.114. The lowest BCUT2D eigenvalue weighted by Gasteiger charge is -2.25. The van der Waals surface area contributed by atoms with Gasteiger partial charge in [-0.25, -0.2) is 8.42 Å². The number of sulfonamides is 1. The second kappa shape index (κ2) is 8.75. The van der Waals surface area contributed by atoms with Gasteiger partial charge < -0.3 is 10.6 Å². The van der Waals surface area contributed by atoms with Gasteiger partial charge in [-0.2, -0.15) is 4.31 Å². The van der Waals surface area contributed by atoms with Crippen LogP contribution in [0.3, 0.4) is 0 Å². The standard InChI is InChI=1S/C21H27N3O3S/c1-16-6-11-20(17(2)14-16)22-15-21(25)23-18-7-9-19(10-8-18)28(26,27)24-12-4-3-5-13-24/h6-11,14,22H,3-5,12-13,15H2,1-2H3,(H,23,25). The van der Waals surface area contributed by atoms with E-state index in [1.807, 2.05) is 26.0 Å². The first-order valence-corrected chi connectivity index (χ1v) is 11.0. The van der Waals surface area contributed by atoms with Crippen LogP contribution in [0.15, 0.2) is 47.4 Å². The van der Waals surface area contributed by atoms with Crippen molar-refractivity contribution in [3.05, 3.63) is 53.6 Å². The molecule has 150 valence electrons. The third kappa shape index (κ3) is 4.91. The van der Waals surface area contributed by atoms with Crippen molar-refractivity contribution in [1.29, 1.82) is 0 Å². The average molecular weight is 402 g/mol. The fourth-order valence-corrected chi connectivity index (χ4v) is 4.87. The molecule has 1 saturated heterocycles. The molecule has 3 rings (SSSR count). The summed E-state index contributed by atoms with van der Waals surface area (Å²) in [6.07, 6.45) is 2.88. The topological polar surface area (TPSA) is 78.5 Å². The number of benzene rings is 2. The Bertz CT molecular complexity index is 934. The molecule has 0 saturated carbocycles. The molecule has 2 aromatic rings. The monoisotopic (exact) mass is 401 g/mol. The Morgan fingerprint density at radius 2 is 1.68 bits per heavy atom. The van der Waals surface area contributed by atoms with E-state index >= 15 is 0 Å². The predicted octanol–water partition coefficient (Wildman–Crippen LogP) is 3.53. The molecule has 1 fully saturated rings. The largest absolute Gasteiger partial charge is 0.376 e. The molecule has 0 unspecified atom stereocenters. The van der Waals surface area contributed by atoms with Gasteiger partial charge in [-0.1, -0.05) is 24.1 Å². The highest BCUT2D eigenvalue weighted by Gasteiger charge is 2.25. The number of carbonyl (C=O) groups excluding carboxylic acids is 1. The van der Waals surface area contributed by atoms with Gasteiger partial charge >= 0.3 is 0 Å². The zero-order valence-corrected chi connectivity index (χ0v) is 17.2. The van der Waals surface area contributed by atoms with E-state index in [9.17, 15) is 13.2 Å². The number of amides is 1. The first kappa shape index (κ1) is 20.4. The third-order valence-electron chi connectivity index (χ3n) is 4.91. The highest BCUT2D eigenvalue weighted by Crippen LogP contribution is 2.22. The van der Waals surface area contributed by atoms with E-state index in [0.29, 0.717) is 18.8 Å². The van der Waals surface area contributed by atoms with Crippen LogP contribution in [0.25, 0.3) is 0 Å². The van der Waals surface area contributed by atoms with E-state index in [1.54, 1.807) is 24.3 Å². The maximum Gasteiger partial charge on any atom is 0.243 e. The highest BCUT2D eigenvalue weighted by atomic mass is 32.2. The maximum atomic E-state index is 12.7. The number of rotatable bonds is 6. The van der Waals surface area contributed by atoms with Crippen LogP contribution in [0.5, 0.6) is 0 Å². The summed E-state index contributed by atoms with van der Waals surface area (Å²) in [5.74, 6) is -0.188. The lowest BCUT2D eigenvalue weighted by atomic mass is 10.1. The summed E-state index contributed by atoms with van der Waals surface area (Å²) in [6, 6.07) is 12.4. The van der Waals surface area contributed by atoms with Gasteiger partial charge in [0.1, 0.15) is 0 Å². The normalized spacial score (nSPS) is 15.2. The molecular formula is C21H27N3O3S. The van der Waals surface area contributed by atoms with E-state index in [-0.39, 0.29) is 17.3 Å². The number of aryl methyl sites for hydroxylation is 2. The molecule has 0 atom stereocenters. The average Bonchev–Trinajstić information content (AvgIpc) is 2.68. The summed E-state index contributed by atoms with van der Waals surface area (Å²) in [5.41, 5.74) is 3.75. The van der Waals surface area contributed by atoms with Gasteiger partial charge in [0.25, 0.3) is 0 Å². The van der Waals surface area contributed by atoms with Crippen LogP contribution in [-0.2, 0) is 14.8 Å². The first-order chi connectivity index (χ1) is 13.4. The van der Waals surface area contributed by atoms with Crippen molar-refractivity contribution >= 4 is 27.3 Å². The van der Waals surface area contributed by atoms with E-state index in [2.05, 4.69) is 16.7 Å². The van der Waals surface area contributed by atoms with Crippen LogP contribution < -0.4 is 10.6 Å². The Morgan fingerprint density at radius 1 is 1.00 bits per heavy atom. The summed E-state index contributed by atoms with van der Waals surface area (Å²) in [7, 11) is -3.45. The van der Waals surface area contributed by atoms with Gasteiger partial charge in [0.05, 0.1) is 11.4 Å². The van der Waals surface area contributed by atoms with Gasteiger partial charge in [0, 0.05) is 24.5 Å². The van der Waals surface area contributed by atoms with Crippen LogP contribution in [0.4, 0.5) is 11.4 Å². The van der Waals surface area contributed by atoms with Crippen molar-refractivity contribution in [2.24, 2.45) is 0 Å². The summed E-state index contributed by atoms with van der Waals surface area (Å²) < 4.78 is 26.9. The number of anilines is 2. The highest BCUT2D eigenvalue weighted by molar-refractivity contribution is 7.89. The lowest BCUT2D eigenvalue weighted by Crippen LogP contribution is -2.35. The number of hydrogen-bond donors (Lipinski definition) is 2. The maximum absolute atomic E-state index is 12.7. The zero-order chi connectivity index (χ0) is 20.1. The molecule has 0 aromatic heterocycles. The molecule has 1 aliphatic heterocycles. The van der Waals surface area contributed by atoms with E-state index in [4.69, 9.17) is 0 Å². The van der Waals surface area contributed by atoms with Crippen molar-refractivity contribution in [3.8, 4) is 0 Å². The fraction of sp³-hybridized carbons (Fsp3) is 0.381. The van der Waals surface area contributed by atoms with Crippen LogP contribution in [-0.4, -0.2) is 38.3 Å². The number of hydrogen-bond acceptors (Lipinski definition) is 4. The Kier molecular flexibility index (Phi) is 6.36. The SMILES string of the molecule is Cc1ccc(NCC(=O)Nc2ccc(S(=O)(=O)N3CCCCC3)cc2)c(C)c1. The minimum Gasteiger partial charge on any atom is -0.376 e. The second-order valence-electron chi connectivity index (χ2n) is 7.21. The minimum absolute atomic E-state index is 0.137. The molecule has 2 N–H and O–H groups in total. The number of carbonyl (C=O) groups is 1. The van der Waals surface area contributed by atoms with Crippen molar-refractivity contribution in [1.82, 2.24) is 4.31 Å². The third-order valence-corrected chi connectivity index (χ3v) is 6.83. The molecule has 0 aliphatic carbocycles. The number of nitrogens with one attached hydrogen (secondary N) is 2. The molecule has 0 bridgehead atoms. The molecule has 1 heterocycles. The van der Waals surface area contributed by atoms with Crippen molar-refractivity contribution in [2.45, 2.75) is 38.0 Å². The first-order valence-electron chi connectivity index (χ1n) is 9.57. The fourth-order valence-electron chi connectivity index (χ4n) is 3.36. The Hall–Kier alpha value is -2.38. The molecule has 0 spiro atoms. The van der Waals surface area contributed by atoms with Gasteiger partial charge in [0.2, 0.25) is 15.9 Å². The van der Waals surface area contributed by atoms with Gasteiger partial charge in [-0.15, -0.1) is 0 Å². The van der Waals surface area contributed by atoms with Crippen LogP contribution in [0.1, 0.15) is 30.4 Å². The van der Waals surface area contributed by atoms with E-state index in [1.165, 1.54) is 9.87 Å². The van der Waals surface area contributed by atoms with Crippen LogP contribution in [0.2, 0.25) is 0 Å². The van der Waals surface area contributed by atoms with Crippen molar-refractivity contribution < 1.29 is 13.2 Å². The van der Waals surface area contributed by atoms with Gasteiger partial charge in [-0.05, 0) is 62.6 Å². The number of piperidine rings is 1. The smallest absolute Gasteiger partial charge is 0.243 e. The Morgan fingerprint density at radius 3 is 2.32 bits per heavy atom.